The molecule has 0 unspecified atom stereocenters. The summed E-state index contributed by atoms with van der Waals surface area (Å²) in [6.07, 6.45) is 2.63. The third-order valence-electron chi connectivity index (χ3n) is 3.52. The molecule has 1 saturated carbocycles. The van der Waals surface area contributed by atoms with Crippen LogP contribution in [0, 0.1) is 0 Å². The Morgan fingerprint density at radius 3 is 2.25 bits per heavy atom. The van der Waals surface area contributed by atoms with Crippen molar-refractivity contribution in [2.24, 2.45) is 0 Å². The molecule has 2 rings (SSSR count). The summed E-state index contributed by atoms with van der Waals surface area (Å²) in [6, 6.07) is 7.58. The van der Waals surface area contributed by atoms with Gasteiger partial charge in [0.2, 0.25) is 0 Å². The Bertz CT molecular complexity index is 373. The van der Waals surface area contributed by atoms with Gasteiger partial charge in [0.05, 0.1) is 6.61 Å². The highest BCUT2D eigenvalue weighted by atomic mass is 35.5. The van der Waals surface area contributed by atoms with Crippen LogP contribution in [-0.4, -0.2) is 17.5 Å². The molecule has 86 valence electrons. The summed E-state index contributed by atoms with van der Waals surface area (Å²) < 4.78 is 0. The van der Waals surface area contributed by atoms with Crippen molar-refractivity contribution in [2.75, 3.05) is 6.61 Å². The lowest BCUT2D eigenvalue weighted by molar-refractivity contribution is -0.121. The Balaban J connectivity index is 2.27. The molecule has 1 aliphatic carbocycles. The van der Waals surface area contributed by atoms with Gasteiger partial charge in [-0.25, -0.2) is 0 Å². The van der Waals surface area contributed by atoms with Gasteiger partial charge in [0.15, 0.2) is 0 Å². The summed E-state index contributed by atoms with van der Waals surface area (Å²) in [7, 11) is 0. The molecule has 0 atom stereocenters. The molecule has 0 aromatic heterocycles. The fourth-order valence-electron chi connectivity index (χ4n) is 2.35. The number of hydrogen-bond acceptors (Lipinski definition) is 2. The van der Waals surface area contributed by atoms with Gasteiger partial charge in [-0.3, -0.25) is 4.79 Å². The zero-order valence-electron chi connectivity index (χ0n) is 9.08. The second-order valence-electron chi connectivity index (χ2n) is 4.48. The maximum absolute atomic E-state index is 11.2. The van der Waals surface area contributed by atoms with E-state index in [1.54, 1.807) is 0 Å². The fraction of sp³-hybridized carbons (Fsp3) is 0.462. The molecule has 0 aliphatic heterocycles. The quantitative estimate of drug-likeness (QED) is 0.860. The van der Waals surface area contributed by atoms with Gasteiger partial charge in [0.25, 0.3) is 0 Å². The molecule has 1 fully saturated rings. The van der Waals surface area contributed by atoms with Crippen molar-refractivity contribution in [2.45, 2.75) is 31.1 Å². The predicted octanol–water partition coefficient (Wildman–Crippen LogP) is 2.71. The minimum atomic E-state index is -0.238. The maximum Gasteiger partial charge on any atom is 0.132 e. The molecular weight excluding hydrogens is 224 g/mol. The number of hydrogen-bond donors (Lipinski definition) is 1. The third kappa shape index (κ3) is 2.13. The SMILES string of the molecule is O=C1CCC(CO)(c2ccc(Cl)cc2)CC1. The zero-order chi connectivity index (χ0) is 11.6. The van der Waals surface area contributed by atoms with Crippen LogP contribution < -0.4 is 0 Å². The van der Waals surface area contributed by atoms with Gasteiger partial charge in [-0.1, -0.05) is 23.7 Å². The minimum absolute atomic E-state index is 0.0991. The zero-order valence-corrected chi connectivity index (χ0v) is 9.83. The number of aliphatic hydroxyl groups is 1. The highest BCUT2D eigenvalue weighted by Gasteiger charge is 2.35. The van der Waals surface area contributed by atoms with Crippen molar-refractivity contribution in [3.63, 3.8) is 0 Å². The topological polar surface area (TPSA) is 37.3 Å². The molecule has 1 aromatic carbocycles. The molecule has 1 aromatic rings. The van der Waals surface area contributed by atoms with Crippen LogP contribution in [0.1, 0.15) is 31.2 Å². The molecule has 0 radical (unpaired) electrons. The Hall–Kier alpha value is -0.860. The molecule has 0 heterocycles. The molecule has 16 heavy (non-hydrogen) atoms. The Labute approximate surface area is 100 Å². The van der Waals surface area contributed by atoms with E-state index in [1.807, 2.05) is 24.3 Å². The lowest BCUT2D eigenvalue weighted by Gasteiger charge is -2.35. The van der Waals surface area contributed by atoms with Crippen molar-refractivity contribution in [3.8, 4) is 0 Å². The molecule has 2 nitrogen and oxygen atoms in total. The number of carbonyl (C=O) groups excluding carboxylic acids is 1. The van der Waals surface area contributed by atoms with Gasteiger partial charge in [0.1, 0.15) is 5.78 Å². The molecular formula is C13H15ClO2. The van der Waals surface area contributed by atoms with Gasteiger partial charge in [-0.15, -0.1) is 0 Å². The molecule has 0 spiro atoms. The van der Waals surface area contributed by atoms with E-state index in [1.165, 1.54) is 0 Å². The van der Waals surface area contributed by atoms with E-state index in [2.05, 4.69) is 0 Å². The fourth-order valence-corrected chi connectivity index (χ4v) is 2.47. The predicted molar refractivity (Wildman–Crippen MR) is 63.7 cm³/mol. The van der Waals surface area contributed by atoms with Crippen molar-refractivity contribution >= 4 is 17.4 Å². The van der Waals surface area contributed by atoms with Crippen LogP contribution in [-0.2, 0) is 10.2 Å². The van der Waals surface area contributed by atoms with Crippen LogP contribution >= 0.6 is 11.6 Å². The minimum Gasteiger partial charge on any atom is -0.395 e. The number of Topliss-reactive ketones (excluding diaryl/α,β-unsaturated/α-hetero) is 1. The lowest BCUT2D eigenvalue weighted by Crippen LogP contribution is -2.35. The number of carbonyl (C=O) groups is 1. The van der Waals surface area contributed by atoms with Crippen molar-refractivity contribution < 1.29 is 9.90 Å². The summed E-state index contributed by atoms with van der Waals surface area (Å²) >= 11 is 5.85. The monoisotopic (exact) mass is 238 g/mol. The average Bonchev–Trinajstić information content (AvgIpc) is 2.32. The van der Waals surface area contributed by atoms with Crippen molar-refractivity contribution in [1.82, 2.24) is 0 Å². The first-order valence-electron chi connectivity index (χ1n) is 5.55. The van der Waals surface area contributed by atoms with Gasteiger partial charge in [0, 0.05) is 23.3 Å². The summed E-state index contributed by atoms with van der Waals surface area (Å²) in [5, 5.41) is 10.3. The molecule has 0 amide bonds. The van der Waals surface area contributed by atoms with Gasteiger partial charge in [-0.2, -0.15) is 0 Å². The van der Waals surface area contributed by atoms with Crippen molar-refractivity contribution in [1.29, 1.82) is 0 Å². The van der Waals surface area contributed by atoms with E-state index >= 15 is 0 Å². The molecule has 3 heteroatoms. The normalized spacial score (nSPS) is 19.8. The summed E-state index contributed by atoms with van der Waals surface area (Å²) in [4.78, 5) is 11.2. The first-order chi connectivity index (χ1) is 7.66. The summed E-state index contributed by atoms with van der Waals surface area (Å²) in [5.74, 6) is 0.304. The smallest absolute Gasteiger partial charge is 0.132 e. The van der Waals surface area contributed by atoms with Crippen molar-refractivity contribution in [3.05, 3.63) is 34.9 Å². The van der Waals surface area contributed by atoms with Crippen LogP contribution in [0.15, 0.2) is 24.3 Å². The van der Waals surface area contributed by atoms with Gasteiger partial charge < -0.3 is 5.11 Å². The van der Waals surface area contributed by atoms with Crippen LogP contribution in [0.5, 0.6) is 0 Å². The summed E-state index contributed by atoms with van der Waals surface area (Å²) in [6.45, 7) is 0.0991. The van der Waals surface area contributed by atoms with Crippen LogP contribution in [0.25, 0.3) is 0 Å². The number of benzene rings is 1. The summed E-state index contributed by atoms with van der Waals surface area (Å²) in [5.41, 5.74) is 0.852. The average molecular weight is 239 g/mol. The number of aliphatic hydroxyl groups excluding tert-OH is 1. The van der Waals surface area contributed by atoms with Crippen LogP contribution in [0.4, 0.5) is 0 Å². The van der Waals surface area contributed by atoms with E-state index in [0.717, 1.165) is 18.4 Å². The first kappa shape index (κ1) is 11.6. The Morgan fingerprint density at radius 1 is 1.19 bits per heavy atom. The largest absolute Gasteiger partial charge is 0.395 e. The van der Waals surface area contributed by atoms with E-state index in [4.69, 9.17) is 11.6 Å². The standard InChI is InChI=1S/C13H15ClO2/c14-11-3-1-10(2-4-11)13(9-15)7-5-12(16)6-8-13/h1-4,15H,5-9H2. The number of rotatable bonds is 2. The van der Waals surface area contributed by atoms with Gasteiger partial charge in [-0.05, 0) is 30.5 Å². The lowest BCUT2D eigenvalue weighted by atomic mass is 9.70. The number of ketones is 1. The van der Waals surface area contributed by atoms with Crippen LogP contribution in [0.2, 0.25) is 5.02 Å². The maximum atomic E-state index is 11.2. The number of halogens is 1. The van der Waals surface area contributed by atoms with Gasteiger partial charge >= 0.3 is 0 Å². The molecule has 1 aliphatic rings. The van der Waals surface area contributed by atoms with Crippen LogP contribution in [0.3, 0.4) is 0 Å². The Morgan fingerprint density at radius 2 is 1.75 bits per heavy atom. The second-order valence-corrected chi connectivity index (χ2v) is 4.92. The second kappa shape index (κ2) is 4.56. The highest BCUT2D eigenvalue weighted by molar-refractivity contribution is 6.30. The van der Waals surface area contributed by atoms with E-state index in [9.17, 15) is 9.90 Å². The van der Waals surface area contributed by atoms with E-state index in [0.29, 0.717) is 23.6 Å². The first-order valence-corrected chi connectivity index (χ1v) is 5.93. The molecule has 0 saturated heterocycles. The molecule has 0 bridgehead atoms. The van der Waals surface area contributed by atoms with E-state index < -0.39 is 0 Å². The van der Waals surface area contributed by atoms with E-state index in [-0.39, 0.29) is 12.0 Å². The molecule has 1 N–H and O–H groups in total. The Kier molecular flexibility index (Phi) is 3.31. The highest BCUT2D eigenvalue weighted by Crippen LogP contribution is 2.38. The third-order valence-corrected chi connectivity index (χ3v) is 3.78.